The first-order valence-corrected chi connectivity index (χ1v) is 22.1. The molecule has 0 radical (unpaired) electrons. The number of hydrogen-bond acceptors (Lipinski definition) is 11. The molecule has 312 valence electrons. The van der Waals surface area contributed by atoms with Gasteiger partial charge >= 0.3 is 0 Å². The lowest BCUT2D eigenvalue weighted by molar-refractivity contribution is -0.141. The molecule has 13 nitrogen and oxygen atoms in total. The molecule has 2 aliphatic heterocycles. The lowest BCUT2D eigenvalue weighted by Gasteiger charge is -2.29. The van der Waals surface area contributed by atoms with E-state index in [1.807, 2.05) is 39.0 Å². The summed E-state index contributed by atoms with van der Waals surface area (Å²) in [6.07, 6.45) is 9.57. The fourth-order valence-electron chi connectivity index (χ4n) is 7.75. The molecule has 2 aliphatic carbocycles. The molecular weight excluding hydrogens is 779 g/mol. The highest BCUT2D eigenvalue weighted by Crippen LogP contribution is 2.47. The van der Waals surface area contributed by atoms with Crippen molar-refractivity contribution in [2.45, 2.75) is 133 Å². The Morgan fingerprint density at radius 2 is 1.90 bits per heavy atom. The largest absolute Gasteiger partial charge is 0.496 e. The standard InChI is InChI=1S/C43H55N5O8S2/c1-24(2)55-36-21-33(29-16-17-32(54-6)25(3)37(29)45-36)56-27-20-31-38(49)46-43(41(52)47-58-28-14-15-28)22-26(43)12-10-8-7-9-11-13-30(40(51)48(31)23-27)44-39(50)34-18-19-35(57-34)42(4,5)53/h10,12,16-19,21,24,26-28,30-31,53H,7-9,11,13-15,20,22-23H2,1-6H3,(H,44,50)(H,46,49)(H,47,52)/b12-10-/t26?,27-,30+,31+,43-/m1/s1. The average Bonchev–Trinajstić information content (AvgIpc) is 4.01. The van der Waals surface area contributed by atoms with Gasteiger partial charge in [0.2, 0.25) is 17.7 Å². The molecule has 5 atom stereocenters. The number of amides is 4. The van der Waals surface area contributed by atoms with Crippen LogP contribution in [0.15, 0.2) is 42.5 Å². The second kappa shape index (κ2) is 17.1. The van der Waals surface area contributed by atoms with Crippen molar-refractivity contribution in [1.29, 1.82) is 0 Å². The summed E-state index contributed by atoms with van der Waals surface area (Å²) in [5.41, 5.74) is -0.805. The summed E-state index contributed by atoms with van der Waals surface area (Å²) in [4.78, 5) is 64.2. The van der Waals surface area contributed by atoms with E-state index in [1.54, 1.807) is 39.2 Å². The SMILES string of the molecule is COc1ccc2c(O[C@@H]3C[C@H]4C(=O)N[C@]5(C(=O)NSC6CC6)CC5/C=C\CCCCC[C@H](NC(=O)c5ccc(C(C)(C)O)s5)C(=O)N4C3)cc(OC(C)C)nc2c1C. The molecule has 4 heterocycles. The van der Waals surface area contributed by atoms with Crippen LogP contribution in [-0.2, 0) is 20.0 Å². The van der Waals surface area contributed by atoms with Crippen LogP contribution in [0, 0.1) is 12.8 Å². The van der Waals surface area contributed by atoms with Crippen LogP contribution < -0.4 is 29.6 Å². The van der Waals surface area contributed by atoms with Gasteiger partial charge < -0.3 is 34.9 Å². The number of thiophene rings is 1. The molecular formula is C43H55N5O8S2. The highest BCUT2D eigenvalue weighted by Gasteiger charge is 2.61. The molecule has 2 saturated carbocycles. The van der Waals surface area contributed by atoms with Crippen LogP contribution in [-0.4, -0.2) is 87.4 Å². The second-order valence-electron chi connectivity index (χ2n) is 16.7. The van der Waals surface area contributed by atoms with Gasteiger partial charge in [-0.05, 0) is 109 Å². The Labute approximate surface area is 348 Å². The summed E-state index contributed by atoms with van der Waals surface area (Å²) in [6, 6.07) is 6.90. The molecule has 58 heavy (non-hydrogen) atoms. The molecule has 4 aliphatic rings. The first kappa shape index (κ1) is 41.8. The third-order valence-corrected chi connectivity index (χ3v) is 13.7. The van der Waals surface area contributed by atoms with E-state index in [0.29, 0.717) is 57.2 Å². The number of carbonyl (C=O) groups excluding carboxylic acids is 4. The van der Waals surface area contributed by atoms with Crippen molar-refractivity contribution in [3.05, 3.63) is 57.8 Å². The van der Waals surface area contributed by atoms with Crippen molar-refractivity contribution >= 4 is 57.8 Å². The predicted octanol–water partition coefficient (Wildman–Crippen LogP) is 6.10. The van der Waals surface area contributed by atoms with Gasteiger partial charge in [-0.2, -0.15) is 0 Å². The molecule has 0 bridgehead atoms. The number of fused-ring (bicyclic) bond motifs is 3. The summed E-state index contributed by atoms with van der Waals surface area (Å²) in [7, 11) is 1.60. The van der Waals surface area contributed by atoms with E-state index in [2.05, 4.69) is 21.4 Å². The van der Waals surface area contributed by atoms with Gasteiger partial charge in [-0.1, -0.05) is 25.0 Å². The number of benzene rings is 1. The van der Waals surface area contributed by atoms with Crippen LogP contribution in [0.1, 0.15) is 106 Å². The number of rotatable bonds is 11. The van der Waals surface area contributed by atoms with E-state index in [1.165, 1.54) is 28.2 Å². The molecule has 1 aromatic carbocycles. The number of methoxy groups -OCH3 is 1. The molecule has 3 fully saturated rings. The number of carbonyl (C=O) groups is 4. The molecule has 1 saturated heterocycles. The third-order valence-electron chi connectivity index (χ3n) is 11.2. The summed E-state index contributed by atoms with van der Waals surface area (Å²) in [6.45, 7) is 9.11. The Balaban J connectivity index is 1.21. The van der Waals surface area contributed by atoms with Crippen LogP contribution in [0.2, 0.25) is 0 Å². The van der Waals surface area contributed by atoms with Crippen molar-refractivity contribution < 1.29 is 38.5 Å². The molecule has 7 rings (SSSR count). The summed E-state index contributed by atoms with van der Waals surface area (Å²) >= 11 is 2.58. The molecule has 0 spiro atoms. The molecule has 4 amide bonds. The molecule has 3 aromatic rings. The van der Waals surface area contributed by atoms with E-state index < -0.39 is 47.0 Å². The number of aromatic nitrogens is 1. The van der Waals surface area contributed by atoms with E-state index in [-0.39, 0.29) is 30.9 Å². The first-order chi connectivity index (χ1) is 27.7. The number of aliphatic hydroxyl groups is 1. The molecule has 4 N–H and O–H groups in total. The van der Waals surface area contributed by atoms with Gasteiger partial charge in [-0.15, -0.1) is 11.3 Å². The number of ether oxygens (including phenoxy) is 3. The number of nitrogens with zero attached hydrogens (tertiary/aromatic N) is 2. The predicted molar refractivity (Wildman–Crippen MR) is 224 cm³/mol. The topological polar surface area (TPSA) is 168 Å². The summed E-state index contributed by atoms with van der Waals surface area (Å²) < 4.78 is 21.4. The van der Waals surface area contributed by atoms with E-state index >= 15 is 0 Å². The van der Waals surface area contributed by atoms with Crippen LogP contribution in [0.3, 0.4) is 0 Å². The number of allylic oxidation sites excluding steroid dienone is 1. The van der Waals surface area contributed by atoms with Gasteiger partial charge in [-0.3, -0.25) is 23.9 Å². The smallest absolute Gasteiger partial charge is 0.262 e. The van der Waals surface area contributed by atoms with Crippen LogP contribution in [0.25, 0.3) is 10.9 Å². The summed E-state index contributed by atoms with van der Waals surface area (Å²) in [5, 5.41) is 17.8. The number of pyridine rings is 1. The second-order valence-corrected chi connectivity index (χ2v) is 18.9. The van der Waals surface area contributed by atoms with E-state index in [9.17, 15) is 24.3 Å². The fourth-order valence-corrected chi connectivity index (χ4v) is 9.49. The van der Waals surface area contributed by atoms with Crippen LogP contribution >= 0.6 is 23.3 Å². The minimum absolute atomic E-state index is 0.0600. The zero-order chi connectivity index (χ0) is 41.4. The molecule has 15 heteroatoms. The lowest BCUT2D eigenvalue weighted by atomic mass is 10.0. The zero-order valence-electron chi connectivity index (χ0n) is 34.1. The van der Waals surface area contributed by atoms with Gasteiger partial charge in [0.1, 0.15) is 35.2 Å². The lowest BCUT2D eigenvalue weighted by Crippen LogP contribution is -2.57. The average molecular weight is 834 g/mol. The quantitative estimate of drug-likeness (QED) is 0.131. The van der Waals surface area contributed by atoms with Gasteiger partial charge in [-0.25, -0.2) is 4.98 Å². The van der Waals surface area contributed by atoms with Crippen LogP contribution in [0.5, 0.6) is 17.4 Å². The normalized spacial score (nSPS) is 25.8. The monoisotopic (exact) mass is 833 g/mol. The van der Waals surface area contributed by atoms with Gasteiger partial charge in [0.25, 0.3) is 11.8 Å². The van der Waals surface area contributed by atoms with Gasteiger partial charge in [0.05, 0.1) is 35.8 Å². The third kappa shape index (κ3) is 9.26. The maximum Gasteiger partial charge on any atom is 0.262 e. The molecule has 2 aromatic heterocycles. The van der Waals surface area contributed by atoms with Crippen molar-refractivity contribution in [3.63, 3.8) is 0 Å². The Hall–Kier alpha value is -4.34. The number of nitrogens with one attached hydrogen (secondary N) is 3. The van der Waals surface area contributed by atoms with E-state index in [0.717, 1.165) is 43.1 Å². The Morgan fingerprint density at radius 3 is 2.60 bits per heavy atom. The highest BCUT2D eigenvalue weighted by molar-refractivity contribution is 7.98. The zero-order valence-corrected chi connectivity index (χ0v) is 35.7. The first-order valence-electron chi connectivity index (χ1n) is 20.4. The maximum atomic E-state index is 14.8. The minimum atomic E-state index is -1.13. The van der Waals surface area contributed by atoms with Crippen LogP contribution in [0.4, 0.5) is 0 Å². The Kier molecular flexibility index (Phi) is 12.3. The maximum absolute atomic E-state index is 14.8. The Bertz CT molecular complexity index is 2080. The minimum Gasteiger partial charge on any atom is -0.496 e. The molecule has 1 unspecified atom stereocenters. The number of aryl methyl sites for hydroxylation is 1. The van der Waals surface area contributed by atoms with Gasteiger partial charge in [0.15, 0.2) is 0 Å². The Morgan fingerprint density at radius 1 is 1.10 bits per heavy atom. The van der Waals surface area contributed by atoms with Crippen molar-refractivity contribution in [1.82, 2.24) is 25.2 Å². The van der Waals surface area contributed by atoms with Crippen molar-refractivity contribution in [2.75, 3.05) is 13.7 Å². The number of hydrogen-bond donors (Lipinski definition) is 4. The van der Waals surface area contributed by atoms with E-state index in [4.69, 9.17) is 19.2 Å². The van der Waals surface area contributed by atoms with Crippen molar-refractivity contribution in [2.24, 2.45) is 5.92 Å². The highest BCUT2D eigenvalue weighted by atomic mass is 32.2. The van der Waals surface area contributed by atoms with Gasteiger partial charge in [0, 0.05) is 39.5 Å². The van der Waals surface area contributed by atoms with Crippen molar-refractivity contribution in [3.8, 4) is 17.4 Å². The summed E-state index contributed by atoms with van der Waals surface area (Å²) in [5.74, 6) is -0.168. The fraction of sp³-hybridized carbons (Fsp3) is 0.558.